The molecule has 1 N–H and O–H groups in total. The van der Waals surface area contributed by atoms with Gasteiger partial charge >= 0.3 is 0 Å². The maximum Gasteiger partial charge on any atom is 0.257 e. The molecule has 4 rings (SSSR count). The highest BCUT2D eigenvalue weighted by Gasteiger charge is 2.44. The molecule has 9 heteroatoms. The zero-order valence-electron chi connectivity index (χ0n) is 15.4. The van der Waals surface area contributed by atoms with Gasteiger partial charge in [-0.1, -0.05) is 25.4 Å². The van der Waals surface area contributed by atoms with Crippen LogP contribution in [0.25, 0.3) is 11.0 Å². The van der Waals surface area contributed by atoms with Crippen molar-refractivity contribution in [3.63, 3.8) is 0 Å². The zero-order valence-corrected chi connectivity index (χ0v) is 16.2. The third-order valence-corrected chi connectivity index (χ3v) is 5.80. The molecule has 146 valence electrons. The Morgan fingerprint density at radius 2 is 2.25 bits per heavy atom. The van der Waals surface area contributed by atoms with Gasteiger partial charge in [-0.3, -0.25) is 9.59 Å². The molecular formula is C19H19ClFN5O2. The first-order valence-corrected chi connectivity index (χ1v) is 9.50. The molecule has 0 aliphatic carbocycles. The minimum atomic E-state index is -1.23. The summed E-state index contributed by atoms with van der Waals surface area (Å²) < 4.78 is 13.9. The smallest absolute Gasteiger partial charge is 0.257 e. The van der Waals surface area contributed by atoms with Crippen molar-refractivity contribution in [2.24, 2.45) is 5.92 Å². The molecule has 4 heterocycles. The van der Waals surface area contributed by atoms with Gasteiger partial charge in [0.2, 0.25) is 5.91 Å². The second-order valence-corrected chi connectivity index (χ2v) is 8.01. The number of nitrogens with one attached hydrogen (secondary N) is 1. The molecule has 2 aliphatic heterocycles. The monoisotopic (exact) mass is 403 g/mol. The van der Waals surface area contributed by atoms with E-state index in [-0.39, 0.29) is 31.3 Å². The highest BCUT2D eigenvalue weighted by molar-refractivity contribution is 6.32. The van der Waals surface area contributed by atoms with Gasteiger partial charge in [0.15, 0.2) is 0 Å². The fourth-order valence-electron chi connectivity index (χ4n) is 4.18. The molecule has 0 unspecified atom stereocenters. The van der Waals surface area contributed by atoms with Crippen molar-refractivity contribution in [2.75, 3.05) is 6.54 Å². The number of carbonyl (C=O) groups is 2. The van der Waals surface area contributed by atoms with Gasteiger partial charge in [0.1, 0.15) is 23.9 Å². The van der Waals surface area contributed by atoms with Crippen LogP contribution in [0, 0.1) is 17.2 Å². The molecule has 2 aromatic rings. The van der Waals surface area contributed by atoms with E-state index in [0.717, 1.165) is 5.56 Å². The summed E-state index contributed by atoms with van der Waals surface area (Å²) in [5.74, 6) is -0.944. The summed E-state index contributed by atoms with van der Waals surface area (Å²) in [6.45, 7) is 3.69. The molecule has 0 saturated carbocycles. The van der Waals surface area contributed by atoms with Gasteiger partial charge in [-0.05, 0) is 5.92 Å². The Labute approximate surface area is 166 Å². The molecule has 2 amide bonds. The van der Waals surface area contributed by atoms with Crippen molar-refractivity contribution < 1.29 is 14.0 Å². The summed E-state index contributed by atoms with van der Waals surface area (Å²) >= 11 is 6.33. The van der Waals surface area contributed by atoms with Crippen LogP contribution in [-0.2, 0) is 11.3 Å². The molecule has 28 heavy (non-hydrogen) atoms. The van der Waals surface area contributed by atoms with Crippen molar-refractivity contribution in [1.29, 1.82) is 5.26 Å². The number of carbonyl (C=O) groups excluding carboxylic acids is 2. The Hall–Kier alpha value is -2.66. The first-order chi connectivity index (χ1) is 13.3. The molecule has 1 saturated heterocycles. The molecule has 7 nitrogen and oxygen atoms in total. The van der Waals surface area contributed by atoms with Crippen LogP contribution in [0.3, 0.4) is 0 Å². The van der Waals surface area contributed by atoms with E-state index in [4.69, 9.17) is 11.6 Å². The van der Waals surface area contributed by atoms with Gasteiger partial charge < -0.3 is 14.8 Å². The van der Waals surface area contributed by atoms with Crippen LogP contribution in [0.4, 0.5) is 4.39 Å². The number of halogens is 2. The maximum atomic E-state index is 13.9. The summed E-state index contributed by atoms with van der Waals surface area (Å²) in [4.78, 5) is 36.4. The number of nitriles is 1. The molecule has 0 bridgehead atoms. The lowest BCUT2D eigenvalue weighted by atomic mass is 9.95. The molecule has 0 spiro atoms. The van der Waals surface area contributed by atoms with Gasteiger partial charge in [0.05, 0.1) is 23.2 Å². The van der Waals surface area contributed by atoms with Gasteiger partial charge in [-0.15, -0.1) is 0 Å². The van der Waals surface area contributed by atoms with E-state index in [2.05, 4.69) is 9.97 Å². The van der Waals surface area contributed by atoms with Crippen molar-refractivity contribution in [3.8, 4) is 6.07 Å². The fraction of sp³-hybridized carbons (Fsp3) is 0.474. The number of rotatable bonds is 3. The Balaban J connectivity index is 1.73. The van der Waals surface area contributed by atoms with Crippen LogP contribution >= 0.6 is 11.6 Å². The van der Waals surface area contributed by atoms with Crippen LogP contribution in [0.15, 0.2) is 12.4 Å². The van der Waals surface area contributed by atoms with Crippen LogP contribution in [-0.4, -0.2) is 56.4 Å². The molecule has 0 aromatic carbocycles. The zero-order chi connectivity index (χ0) is 20.2. The SMILES string of the molecule is CC(C)[C@H](C(=O)N1C[C@@H](F)C[C@H]1C#N)N1Cc2c(Cl)cnc3[nH]cc(c23)C1=O. The summed E-state index contributed by atoms with van der Waals surface area (Å²) in [5, 5.41) is 10.4. The van der Waals surface area contributed by atoms with Crippen molar-refractivity contribution >= 4 is 34.4 Å². The lowest BCUT2D eigenvalue weighted by Crippen LogP contribution is -2.54. The summed E-state index contributed by atoms with van der Waals surface area (Å²) in [6, 6.07) is 0.357. The maximum absolute atomic E-state index is 13.9. The number of H-pyrrole nitrogens is 1. The first kappa shape index (κ1) is 18.7. The Bertz CT molecular complexity index is 1010. The number of aromatic nitrogens is 2. The van der Waals surface area contributed by atoms with Crippen LogP contribution in [0.1, 0.15) is 36.2 Å². The summed E-state index contributed by atoms with van der Waals surface area (Å²) in [7, 11) is 0. The number of hydrogen-bond donors (Lipinski definition) is 1. The largest absolute Gasteiger partial charge is 0.345 e. The van der Waals surface area contributed by atoms with Gasteiger partial charge in [-0.2, -0.15) is 5.26 Å². The van der Waals surface area contributed by atoms with E-state index in [1.54, 1.807) is 6.20 Å². The van der Waals surface area contributed by atoms with Crippen molar-refractivity contribution in [2.45, 2.75) is 45.1 Å². The second kappa shape index (κ2) is 6.74. The number of likely N-dealkylation sites (tertiary alicyclic amines) is 1. The minimum absolute atomic E-state index is 0.000233. The number of amides is 2. The van der Waals surface area contributed by atoms with Gasteiger partial charge in [0, 0.05) is 36.3 Å². The first-order valence-electron chi connectivity index (χ1n) is 9.13. The quantitative estimate of drug-likeness (QED) is 0.852. The third kappa shape index (κ3) is 2.73. The lowest BCUT2D eigenvalue weighted by molar-refractivity contribution is -0.138. The molecule has 0 radical (unpaired) electrons. The lowest BCUT2D eigenvalue weighted by Gasteiger charge is -2.38. The predicted molar refractivity (Wildman–Crippen MR) is 100 cm³/mol. The van der Waals surface area contributed by atoms with E-state index >= 15 is 0 Å². The Morgan fingerprint density at radius 1 is 1.50 bits per heavy atom. The highest BCUT2D eigenvalue weighted by atomic mass is 35.5. The second-order valence-electron chi connectivity index (χ2n) is 7.60. The molecular weight excluding hydrogens is 385 g/mol. The standard InChI is InChI=1S/C19H19ClFN5O2/c1-9(2)16(19(28)25-7-10(21)3-11(25)4-22)26-8-13-14(20)6-24-17-15(13)12(5-23-17)18(26)27/h5-6,9-11,16H,3,7-8H2,1-2H3,(H,23,24)/t10-,11-,16+/m0/s1. The molecule has 1 fully saturated rings. The molecule has 2 aromatic heterocycles. The van der Waals surface area contributed by atoms with E-state index in [1.807, 2.05) is 19.9 Å². The van der Waals surface area contributed by atoms with E-state index < -0.39 is 24.2 Å². The van der Waals surface area contributed by atoms with Crippen LogP contribution < -0.4 is 0 Å². The Kier molecular flexibility index (Phi) is 4.50. The van der Waals surface area contributed by atoms with E-state index in [9.17, 15) is 19.2 Å². The number of pyridine rings is 1. The third-order valence-electron chi connectivity index (χ3n) is 5.48. The highest BCUT2D eigenvalue weighted by Crippen LogP contribution is 2.35. The Morgan fingerprint density at radius 3 is 2.93 bits per heavy atom. The number of alkyl halides is 1. The van der Waals surface area contributed by atoms with Crippen LogP contribution in [0.2, 0.25) is 5.02 Å². The number of hydrogen-bond acceptors (Lipinski definition) is 4. The average Bonchev–Trinajstić information content (AvgIpc) is 3.25. The topological polar surface area (TPSA) is 93.1 Å². The van der Waals surface area contributed by atoms with E-state index in [0.29, 0.717) is 21.6 Å². The average molecular weight is 404 g/mol. The van der Waals surface area contributed by atoms with Crippen LogP contribution in [0.5, 0.6) is 0 Å². The summed E-state index contributed by atoms with van der Waals surface area (Å²) in [5.41, 5.74) is 1.70. The van der Waals surface area contributed by atoms with Crippen molar-refractivity contribution in [1.82, 2.24) is 19.8 Å². The fourth-order valence-corrected chi connectivity index (χ4v) is 4.39. The van der Waals surface area contributed by atoms with E-state index in [1.165, 1.54) is 16.0 Å². The molecule has 2 aliphatic rings. The van der Waals surface area contributed by atoms with Gasteiger partial charge in [-0.25, -0.2) is 9.37 Å². The predicted octanol–water partition coefficient (Wildman–Crippen LogP) is 2.66. The minimum Gasteiger partial charge on any atom is -0.345 e. The normalized spacial score (nSPS) is 22.8. The van der Waals surface area contributed by atoms with Gasteiger partial charge in [0.25, 0.3) is 5.91 Å². The number of nitrogens with zero attached hydrogens (tertiary/aromatic N) is 4. The summed E-state index contributed by atoms with van der Waals surface area (Å²) in [6.07, 6.45) is 1.85. The number of aromatic amines is 1. The van der Waals surface area contributed by atoms with Crippen molar-refractivity contribution in [3.05, 3.63) is 28.5 Å². The molecule has 3 atom stereocenters.